The molecule has 9 nitrogen and oxygen atoms in total. The summed E-state index contributed by atoms with van der Waals surface area (Å²) in [5.41, 5.74) is 1.55. The third-order valence-corrected chi connectivity index (χ3v) is 3.81. The van der Waals surface area contributed by atoms with Crippen LogP contribution < -0.4 is 5.32 Å². The van der Waals surface area contributed by atoms with Gasteiger partial charge in [0.15, 0.2) is 5.76 Å². The van der Waals surface area contributed by atoms with E-state index in [-0.39, 0.29) is 22.7 Å². The van der Waals surface area contributed by atoms with E-state index in [2.05, 4.69) is 31.5 Å². The standard InChI is InChI=1S/C11H12BrN5O4/c1-5-10(7(3)21-15-5)13-8(18)4-16-6(2)9(12)11(14-16)17(19)20/h4H2,1-3H3,(H,13,18). The van der Waals surface area contributed by atoms with E-state index in [0.29, 0.717) is 22.8 Å². The van der Waals surface area contributed by atoms with Gasteiger partial charge in [-0.25, -0.2) is 0 Å². The molecule has 0 aliphatic heterocycles. The molecule has 2 aromatic heterocycles. The highest BCUT2D eigenvalue weighted by molar-refractivity contribution is 9.10. The normalized spacial score (nSPS) is 10.7. The van der Waals surface area contributed by atoms with E-state index in [1.807, 2.05) is 0 Å². The summed E-state index contributed by atoms with van der Waals surface area (Å²) in [7, 11) is 0. The third kappa shape index (κ3) is 2.94. The summed E-state index contributed by atoms with van der Waals surface area (Å²) >= 11 is 3.09. The van der Waals surface area contributed by atoms with Gasteiger partial charge < -0.3 is 20.0 Å². The molecule has 1 amide bonds. The molecule has 0 saturated carbocycles. The Morgan fingerprint density at radius 1 is 1.48 bits per heavy atom. The van der Waals surface area contributed by atoms with Gasteiger partial charge in [0.05, 0.1) is 10.8 Å². The Hall–Kier alpha value is -2.23. The molecule has 0 aliphatic carbocycles. The number of rotatable bonds is 4. The molecule has 21 heavy (non-hydrogen) atoms. The topological polar surface area (TPSA) is 116 Å². The van der Waals surface area contributed by atoms with Crippen molar-refractivity contribution in [2.75, 3.05) is 5.32 Å². The van der Waals surface area contributed by atoms with Crippen LogP contribution in [-0.2, 0) is 11.3 Å². The molecule has 2 aromatic rings. The number of aromatic nitrogens is 3. The summed E-state index contributed by atoms with van der Waals surface area (Å²) in [6, 6.07) is 0. The van der Waals surface area contributed by atoms with Gasteiger partial charge in [-0.3, -0.25) is 4.79 Å². The van der Waals surface area contributed by atoms with Crippen LogP contribution in [0.3, 0.4) is 0 Å². The lowest BCUT2D eigenvalue weighted by molar-refractivity contribution is -0.390. The second kappa shape index (κ2) is 5.64. The van der Waals surface area contributed by atoms with Crippen molar-refractivity contribution in [1.82, 2.24) is 14.9 Å². The molecule has 0 unspecified atom stereocenters. The number of nitro groups is 1. The Morgan fingerprint density at radius 2 is 2.14 bits per heavy atom. The van der Waals surface area contributed by atoms with Gasteiger partial charge in [-0.15, -0.1) is 0 Å². The van der Waals surface area contributed by atoms with Crippen molar-refractivity contribution < 1.29 is 14.2 Å². The average Bonchev–Trinajstić information content (AvgIpc) is 2.86. The van der Waals surface area contributed by atoms with Gasteiger partial charge in [-0.1, -0.05) is 5.16 Å². The number of nitrogens with one attached hydrogen (secondary N) is 1. The maximum atomic E-state index is 12.0. The zero-order valence-corrected chi connectivity index (χ0v) is 13.1. The molecule has 2 heterocycles. The van der Waals surface area contributed by atoms with Crippen LogP contribution in [0.5, 0.6) is 0 Å². The lowest BCUT2D eigenvalue weighted by Crippen LogP contribution is -2.20. The molecule has 0 bridgehead atoms. The fraction of sp³-hybridized carbons (Fsp3) is 0.364. The van der Waals surface area contributed by atoms with Gasteiger partial charge in [0.1, 0.15) is 22.4 Å². The van der Waals surface area contributed by atoms with Crippen molar-refractivity contribution >= 4 is 33.3 Å². The van der Waals surface area contributed by atoms with E-state index in [1.165, 1.54) is 4.68 Å². The minimum Gasteiger partial charge on any atom is -0.359 e. The van der Waals surface area contributed by atoms with Crippen molar-refractivity contribution in [1.29, 1.82) is 0 Å². The van der Waals surface area contributed by atoms with Crippen molar-refractivity contribution in [3.05, 3.63) is 31.7 Å². The Balaban J connectivity index is 2.17. The maximum absolute atomic E-state index is 12.0. The zero-order chi connectivity index (χ0) is 15.7. The van der Waals surface area contributed by atoms with Gasteiger partial charge in [0.25, 0.3) is 0 Å². The van der Waals surface area contributed by atoms with Gasteiger partial charge in [-0.05, 0) is 41.6 Å². The highest BCUT2D eigenvalue weighted by Crippen LogP contribution is 2.27. The quantitative estimate of drug-likeness (QED) is 0.661. The molecular formula is C11H12BrN5O4. The van der Waals surface area contributed by atoms with Crippen molar-refractivity contribution in [2.45, 2.75) is 27.3 Å². The zero-order valence-electron chi connectivity index (χ0n) is 11.5. The molecule has 1 N–H and O–H groups in total. The van der Waals surface area contributed by atoms with Crippen molar-refractivity contribution in [3.63, 3.8) is 0 Å². The smallest absolute Gasteiger partial charge is 0.359 e. The monoisotopic (exact) mass is 357 g/mol. The van der Waals surface area contributed by atoms with Gasteiger partial charge in [-0.2, -0.15) is 4.68 Å². The fourth-order valence-corrected chi connectivity index (χ4v) is 2.18. The number of hydrogen-bond acceptors (Lipinski definition) is 6. The SMILES string of the molecule is Cc1noc(C)c1NC(=O)Cn1nc([N+](=O)[O-])c(Br)c1C. The average molecular weight is 358 g/mol. The van der Waals surface area contributed by atoms with Gasteiger partial charge >= 0.3 is 5.82 Å². The summed E-state index contributed by atoms with van der Waals surface area (Å²) in [5, 5.41) is 21.0. The van der Waals surface area contributed by atoms with E-state index < -0.39 is 4.92 Å². The second-order valence-electron chi connectivity index (χ2n) is 4.39. The number of carbonyl (C=O) groups excluding carboxylic acids is 1. The van der Waals surface area contributed by atoms with Crippen LogP contribution in [0.2, 0.25) is 0 Å². The van der Waals surface area contributed by atoms with E-state index in [9.17, 15) is 14.9 Å². The van der Waals surface area contributed by atoms with Crippen molar-refractivity contribution in [2.24, 2.45) is 0 Å². The first kappa shape index (κ1) is 15.2. The third-order valence-electron chi connectivity index (χ3n) is 2.88. The molecule has 112 valence electrons. The van der Waals surface area contributed by atoms with Gasteiger partial charge in [0, 0.05) is 0 Å². The number of nitrogens with zero attached hydrogens (tertiary/aromatic N) is 4. The predicted molar refractivity (Wildman–Crippen MR) is 75.9 cm³/mol. The van der Waals surface area contributed by atoms with E-state index >= 15 is 0 Å². The predicted octanol–water partition coefficient (Wildman–Crippen LogP) is 2.11. The Morgan fingerprint density at radius 3 is 2.62 bits per heavy atom. The molecule has 0 fully saturated rings. The molecule has 0 aromatic carbocycles. The van der Waals surface area contributed by atoms with E-state index in [4.69, 9.17) is 4.52 Å². The first-order valence-electron chi connectivity index (χ1n) is 5.91. The Bertz CT molecular complexity index is 701. The van der Waals surface area contributed by atoms with Gasteiger partial charge in [0.2, 0.25) is 5.91 Å². The largest absolute Gasteiger partial charge is 0.404 e. The lowest BCUT2D eigenvalue weighted by atomic mass is 10.3. The van der Waals surface area contributed by atoms with E-state index in [1.54, 1.807) is 20.8 Å². The molecular weight excluding hydrogens is 346 g/mol. The number of carbonyl (C=O) groups is 1. The minimum absolute atomic E-state index is 0.150. The molecule has 0 saturated heterocycles. The number of aryl methyl sites for hydroxylation is 2. The summed E-state index contributed by atoms with van der Waals surface area (Å²) in [4.78, 5) is 22.2. The van der Waals surface area contributed by atoms with Crippen LogP contribution in [0.1, 0.15) is 17.1 Å². The summed E-state index contributed by atoms with van der Waals surface area (Å²) in [5.74, 6) is -0.208. The van der Waals surface area contributed by atoms with Crippen LogP contribution in [0, 0.1) is 30.9 Å². The molecule has 0 atom stereocenters. The molecule has 10 heteroatoms. The van der Waals surface area contributed by atoms with Crippen LogP contribution in [0.25, 0.3) is 0 Å². The molecule has 0 aliphatic rings. The molecule has 2 rings (SSSR count). The van der Waals surface area contributed by atoms with Crippen LogP contribution >= 0.6 is 15.9 Å². The first-order chi connectivity index (χ1) is 9.81. The second-order valence-corrected chi connectivity index (χ2v) is 5.18. The summed E-state index contributed by atoms with van der Waals surface area (Å²) in [6.07, 6.45) is 0. The number of amides is 1. The van der Waals surface area contributed by atoms with Crippen molar-refractivity contribution in [3.8, 4) is 0 Å². The maximum Gasteiger partial charge on any atom is 0.404 e. The minimum atomic E-state index is -0.611. The van der Waals surface area contributed by atoms with Crippen LogP contribution in [-0.4, -0.2) is 25.8 Å². The summed E-state index contributed by atoms with van der Waals surface area (Å²) < 4.78 is 6.46. The first-order valence-corrected chi connectivity index (χ1v) is 6.70. The highest BCUT2D eigenvalue weighted by Gasteiger charge is 2.25. The number of anilines is 1. The number of halogens is 1. The van der Waals surface area contributed by atoms with Crippen LogP contribution in [0.15, 0.2) is 9.00 Å². The van der Waals surface area contributed by atoms with E-state index in [0.717, 1.165) is 0 Å². The highest BCUT2D eigenvalue weighted by atomic mass is 79.9. The Kier molecular flexibility index (Phi) is 4.07. The Labute approximate surface area is 127 Å². The molecule has 0 spiro atoms. The fourth-order valence-electron chi connectivity index (χ4n) is 1.76. The number of hydrogen-bond donors (Lipinski definition) is 1. The van der Waals surface area contributed by atoms with Crippen LogP contribution in [0.4, 0.5) is 11.5 Å². The molecule has 0 radical (unpaired) electrons. The summed E-state index contributed by atoms with van der Waals surface area (Å²) in [6.45, 7) is 4.86. The lowest BCUT2D eigenvalue weighted by Gasteiger charge is -2.03.